The number of hydrogen-bond acceptors (Lipinski definition) is 5. The lowest BCUT2D eigenvalue weighted by molar-refractivity contribution is 0.0947. The lowest BCUT2D eigenvalue weighted by atomic mass is 9.98. The molecule has 1 amide bonds. The van der Waals surface area contributed by atoms with Crippen molar-refractivity contribution in [3.8, 4) is 22.6 Å². The zero-order valence-electron chi connectivity index (χ0n) is 14.2. The molecule has 134 valence electrons. The third kappa shape index (κ3) is 2.58. The van der Waals surface area contributed by atoms with Gasteiger partial charge >= 0.3 is 0 Å². The predicted molar refractivity (Wildman–Crippen MR) is 99.5 cm³/mol. The highest BCUT2D eigenvalue weighted by Gasteiger charge is 2.26. The van der Waals surface area contributed by atoms with Gasteiger partial charge in [0.05, 0.1) is 6.54 Å². The highest BCUT2D eigenvalue weighted by Crippen LogP contribution is 2.44. The van der Waals surface area contributed by atoms with Crippen LogP contribution in [0.2, 0.25) is 0 Å². The molecule has 2 aromatic carbocycles. The Labute approximate surface area is 154 Å². The molecular formula is C21H15NO5. The monoisotopic (exact) mass is 361 g/mol. The van der Waals surface area contributed by atoms with Crippen LogP contribution >= 0.6 is 0 Å². The summed E-state index contributed by atoms with van der Waals surface area (Å²) < 4.78 is 4.99. The van der Waals surface area contributed by atoms with E-state index in [0.29, 0.717) is 5.56 Å². The van der Waals surface area contributed by atoms with Crippen molar-refractivity contribution in [3.63, 3.8) is 0 Å². The summed E-state index contributed by atoms with van der Waals surface area (Å²) in [6.45, 7) is 3.92. The molecule has 0 bridgehead atoms. The fourth-order valence-electron chi connectivity index (χ4n) is 3.27. The van der Waals surface area contributed by atoms with Gasteiger partial charge in [-0.25, -0.2) is 0 Å². The van der Waals surface area contributed by atoms with Crippen LogP contribution in [0.25, 0.3) is 16.7 Å². The van der Waals surface area contributed by atoms with Crippen molar-refractivity contribution in [3.05, 3.63) is 88.0 Å². The van der Waals surface area contributed by atoms with E-state index in [4.69, 9.17) is 4.42 Å². The standard InChI is InChI=1S/C21H15NO5/c1-11-12-5-2-3-6-13(12)14-7-4-8-15(18(11)14)21(26)22-9-17-20(25)19(24)16(23)10-27-17/h2-8,10,23,25H,1,9H2,(H,22,26). The van der Waals surface area contributed by atoms with Gasteiger partial charge in [0.25, 0.3) is 11.3 Å². The molecule has 3 N–H and O–H groups in total. The number of carbonyl (C=O) groups excluding carboxylic acids is 1. The van der Waals surface area contributed by atoms with Crippen LogP contribution < -0.4 is 10.7 Å². The molecule has 1 aliphatic rings. The molecule has 4 rings (SSSR count). The van der Waals surface area contributed by atoms with Crippen LogP contribution in [0.3, 0.4) is 0 Å². The Balaban J connectivity index is 1.65. The zero-order valence-corrected chi connectivity index (χ0v) is 14.2. The first-order chi connectivity index (χ1) is 13.0. The highest BCUT2D eigenvalue weighted by molar-refractivity contribution is 6.09. The molecule has 0 aliphatic heterocycles. The van der Waals surface area contributed by atoms with Gasteiger partial charge in [0.2, 0.25) is 11.5 Å². The number of fused-ring (bicyclic) bond motifs is 3. The number of benzene rings is 2. The van der Waals surface area contributed by atoms with Crippen LogP contribution in [0.15, 0.2) is 64.5 Å². The van der Waals surface area contributed by atoms with Crippen molar-refractivity contribution >= 4 is 11.5 Å². The molecule has 6 nitrogen and oxygen atoms in total. The average Bonchev–Trinajstić information content (AvgIpc) is 2.98. The third-order valence-electron chi connectivity index (χ3n) is 4.59. The maximum Gasteiger partial charge on any atom is 0.268 e. The Morgan fingerprint density at radius 3 is 2.52 bits per heavy atom. The van der Waals surface area contributed by atoms with Gasteiger partial charge in [-0.2, -0.15) is 0 Å². The average molecular weight is 361 g/mol. The van der Waals surface area contributed by atoms with Crippen LogP contribution in [0.1, 0.15) is 27.2 Å². The van der Waals surface area contributed by atoms with Gasteiger partial charge in [0.15, 0.2) is 5.76 Å². The maximum absolute atomic E-state index is 12.7. The van der Waals surface area contributed by atoms with Gasteiger partial charge < -0.3 is 19.9 Å². The summed E-state index contributed by atoms with van der Waals surface area (Å²) in [5, 5.41) is 21.6. The quantitative estimate of drug-likeness (QED) is 0.521. The second-order valence-electron chi connectivity index (χ2n) is 6.16. The van der Waals surface area contributed by atoms with E-state index in [9.17, 15) is 19.8 Å². The van der Waals surface area contributed by atoms with Crippen LogP contribution in [0, 0.1) is 0 Å². The SMILES string of the molecule is C=C1c2ccccc2-c2cccc(C(=O)NCc3occ(O)c(=O)c3O)c21. The van der Waals surface area contributed by atoms with Crippen LogP contribution in [0.4, 0.5) is 0 Å². The minimum Gasteiger partial charge on any atom is -0.502 e. The van der Waals surface area contributed by atoms with Crippen molar-refractivity contribution in [2.75, 3.05) is 0 Å². The van der Waals surface area contributed by atoms with Crippen molar-refractivity contribution in [1.82, 2.24) is 5.32 Å². The predicted octanol–water partition coefficient (Wildman–Crippen LogP) is 3.02. The van der Waals surface area contributed by atoms with Crippen molar-refractivity contribution in [2.45, 2.75) is 6.54 Å². The molecule has 1 aromatic heterocycles. The van der Waals surface area contributed by atoms with Gasteiger partial charge in [0, 0.05) is 11.1 Å². The normalized spacial score (nSPS) is 11.8. The minimum atomic E-state index is -0.949. The second kappa shape index (κ2) is 6.17. The number of carbonyl (C=O) groups is 1. The number of hydrogen-bond donors (Lipinski definition) is 3. The molecule has 1 aliphatic carbocycles. The summed E-state index contributed by atoms with van der Waals surface area (Å²) in [5.74, 6) is -1.96. The molecule has 3 aromatic rings. The molecule has 0 spiro atoms. The van der Waals surface area contributed by atoms with Crippen LogP contribution in [-0.4, -0.2) is 16.1 Å². The molecule has 27 heavy (non-hydrogen) atoms. The first-order valence-electron chi connectivity index (χ1n) is 8.22. The van der Waals surface area contributed by atoms with Gasteiger partial charge in [-0.3, -0.25) is 9.59 Å². The molecule has 0 fully saturated rings. The Morgan fingerprint density at radius 2 is 1.74 bits per heavy atom. The molecule has 0 saturated carbocycles. The van der Waals surface area contributed by atoms with E-state index in [1.165, 1.54) is 0 Å². The lowest BCUT2D eigenvalue weighted by Gasteiger charge is -2.10. The minimum absolute atomic E-state index is 0.138. The largest absolute Gasteiger partial charge is 0.502 e. The topological polar surface area (TPSA) is 99.8 Å². The summed E-state index contributed by atoms with van der Waals surface area (Å²) in [6, 6.07) is 13.2. The van der Waals surface area contributed by atoms with E-state index in [0.717, 1.165) is 34.1 Å². The maximum atomic E-state index is 12.7. The van der Waals surface area contributed by atoms with Gasteiger partial charge in [-0.1, -0.05) is 43.0 Å². The molecule has 1 heterocycles. The van der Waals surface area contributed by atoms with E-state index < -0.39 is 22.8 Å². The van der Waals surface area contributed by atoms with E-state index >= 15 is 0 Å². The van der Waals surface area contributed by atoms with Crippen molar-refractivity contribution < 1.29 is 19.4 Å². The van der Waals surface area contributed by atoms with Crippen molar-refractivity contribution in [2.24, 2.45) is 0 Å². The zero-order chi connectivity index (χ0) is 19.1. The smallest absolute Gasteiger partial charge is 0.268 e. The van der Waals surface area contributed by atoms with E-state index in [2.05, 4.69) is 11.9 Å². The lowest BCUT2D eigenvalue weighted by Crippen LogP contribution is -2.24. The van der Waals surface area contributed by atoms with Gasteiger partial charge in [-0.15, -0.1) is 0 Å². The Morgan fingerprint density at radius 1 is 1.04 bits per heavy atom. The van der Waals surface area contributed by atoms with Gasteiger partial charge in [-0.05, 0) is 28.3 Å². The Bertz CT molecular complexity index is 1160. The highest BCUT2D eigenvalue weighted by atomic mass is 16.4. The number of aromatic hydroxyl groups is 2. The summed E-state index contributed by atoms with van der Waals surface area (Å²) in [4.78, 5) is 24.3. The summed E-state index contributed by atoms with van der Waals surface area (Å²) >= 11 is 0. The molecule has 0 atom stereocenters. The van der Waals surface area contributed by atoms with Crippen molar-refractivity contribution in [1.29, 1.82) is 0 Å². The van der Waals surface area contributed by atoms with E-state index in [1.54, 1.807) is 12.1 Å². The van der Waals surface area contributed by atoms with E-state index in [-0.39, 0.29) is 12.3 Å². The fraction of sp³-hybridized carbons (Fsp3) is 0.0476. The molecular weight excluding hydrogens is 346 g/mol. The Hall–Kier alpha value is -3.80. The fourth-order valence-corrected chi connectivity index (χ4v) is 3.27. The summed E-state index contributed by atoms with van der Waals surface area (Å²) in [6.07, 6.45) is 0.822. The Kier molecular flexibility index (Phi) is 3.81. The molecule has 6 heteroatoms. The van der Waals surface area contributed by atoms with Crippen LogP contribution in [0.5, 0.6) is 11.5 Å². The molecule has 0 radical (unpaired) electrons. The molecule has 0 saturated heterocycles. The first kappa shape index (κ1) is 16.7. The molecule has 0 unspecified atom stereocenters. The number of rotatable bonds is 3. The van der Waals surface area contributed by atoms with E-state index in [1.807, 2.05) is 30.3 Å². The second-order valence-corrected chi connectivity index (χ2v) is 6.16. The summed E-state index contributed by atoms with van der Waals surface area (Å²) in [5.41, 5.74) is 3.95. The van der Waals surface area contributed by atoms with Gasteiger partial charge in [0.1, 0.15) is 6.26 Å². The van der Waals surface area contributed by atoms with Crippen LogP contribution in [-0.2, 0) is 6.54 Å². The number of nitrogens with one attached hydrogen (secondary N) is 1. The first-order valence-corrected chi connectivity index (χ1v) is 8.22. The summed E-state index contributed by atoms with van der Waals surface area (Å²) in [7, 11) is 0. The third-order valence-corrected chi connectivity index (χ3v) is 4.59. The number of amides is 1.